The number of aromatic hydroxyl groups is 1. The summed E-state index contributed by atoms with van der Waals surface area (Å²) in [7, 11) is 3.44. The molecule has 1 unspecified atom stereocenters. The van der Waals surface area contributed by atoms with E-state index < -0.39 is 0 Å². The number of hydrogen-bond donors (Lipinski definition) is 1. The average Bonchev–Trinajstić information content (AvgIpc) is 2.56. The van der Waals surface area contributed by atoms with Gasteiger partial charge in [-0.3, -0.25) is 4.79 Å². The quantitative estimate of drug-likeness (QED) is 0.798. The number of hydrogen-bond acceptors (Lipinski definition) is 3. The molecule has 5 heteroatoms. The molecule has 1 aliphatic rings. The van der Waals surface area contributed by atoms with Gasteiger partial charge in [0.25, 0.3) is 0 Å². The predicted octanol–water partition coefficient (Wildman–Crippen LogP) is 3.69. The fourth-order valence-electron chi connectivity index (χ4n) is 3.14. The summed E-state index contributed by atoms with van der Waals surface area (Å²) in [6, 6.07) is 14.7. The zero-order chi connectivity index (χ0) is 16.2. The number of amides is 1. The molecule has 1 aliphatic heterocycles. The summed E-state index contributed by atoms with van der Waals surface area (Å²) in [6.45, 7) is 0. The number of nitrogens with zero attached hydrogens (tertiary/aromatic N) is 1. The molecule has 0 aliphatic carbocycles. The molecule has 24 heavy (non-hydrogen) atoms. The third kappa shape index (κ3) is 4.37. The topological polar surface area (TPSA) is 49.8 Å². The Hall–Kier alpha value is -1.39. The van der Waals surface area contributed by atoms with E-state index in [2.05, 4.69) is 7.11 Å². The maximum Gasteiger partial charge on any atom is 0.227 e. The van der Waals surface area contributed by atoms with Gasteiger partial charge in [-0.1, -0.05) is 12.1 Å². The van der Waals surface area contributed by atoms with Gasteiger partial charge in [0.1, 0.15) is 5.75 Å². The molecular formula is C19H20NO3Y-. The van der Waals surface area contributed by atoms with E-state index in [0.717, 1.165) is 36.3 Å². The molecule has 1 N–H and O–H groups in total. The van der Waals surface area contributed by atoms with Crippen LogP contribution in [0.5, 0.6) is 11.5 Å². The fraction of sp³-hybridized carbons (Fsp3) is 0.263. The number of phenolic OH excluding ortho intramolecular Hbond substituents is 1. The molecule has 4 nitrogen and oxygen atoms in total. The first kappa shape index (κ1) is 18.9. The molecule has 1 saturated heterocycles. The number of carbonyl (C=O) groups excluding carboxylic acids is 1. The van der Waals surface area contributed by atoms with Crippen molar-refractivity contribution in [2.45, 2.75) is 31.7 Å². The van der Waals surface area contributed by atoms with Gasteiger partial charge in [0, 0.05) is 50.9 Å². The van der Waals surface area contributed by atoms with Gasteiger partial charge in [-0.25, -0.2) is 0 Å². The van der Waals surface area contributed by atoms with Crippen molar-refractivity contribution in [3.05, 3.63) is 61.2 Å². The number of carbonyl (C=O) groups is 1. The van der Waals surface area contributed by atoms with Gasteiger partial charge >= 0.3 is 0 Å². The van der Waals surface area contributed by atoms with Crippen LogP contribution in [0.25, 0.3) is 0 Å². The van der Waals surface area contributed by atoms with Gasteiger partial charge in [-0.2, -0.15) is 7.11 Å². The summed E-state index contributed by atoms with van der Waals surface area (Å²) in [4.78, 5) is 14.3. The molecule has 3 rings (SSSR count). The van der Waals surface area contributed by atoms with Gasteiger partial charge in [0.2, 0.25) is 5.91 Å². The van der Waals surface area contributed by atoms with Crippen LogP contribution in [-0.2, 0) is 43.9 Å². The first-order valence-electron chi connectivity index (χ1n) is 7.79. The SMILES string of the molecule is [CH2-]Oc1cccc(CC2CCCC(=O)N2c2ccc(O)cc2)c1.[Y]. The van der Waals surface area contributed by atoms with E-state index in [1.165, 1.54) is 0 Å². The van der Waals surface area contributed by atoms with E-state index in [9.17, 15) is 9.90 Å². The average molecular weight is 399 g/mol. The van der Waals surface area contributed by atoms with Crippen LogP contribution in [0, 0.1) is 7.11 Å². The fourth-order valence-corrected chi connectivity index (χ4v) is 3.14. The number of benzene rings is 2. The molecule has 0 spiro atoms. The maximum atomic E-state index is 12.4. The number of rotatable bonds is 4. The van der Waals surface area contributed by atoms with E-state index >= 15 is 0 Å². The Kier molecular flexibility index (Phi) is 6.82. The third-order valence-corrected chi connectivity index (χ3v) is 4.23. The molecule has 2 aromatic rings. The second-order valence-corrected chi connectivity index (χ2v) is 5.82. The van der Waals surface area contributed by atoms with Crippen LogP contribution in [-0.4, -0.2) is 17.1 Å². The van der Waals surface area contributed by atoms with Crippen molar-refractivity contribution in [1.82, 2.24) is 0 Å². The van der Waals surface area contributed by atoms with E-state index in [1.807, 2.05) is 29.2 Å². The minimum atomic E-state index is 0. The van der Waals surface area contributed by atoms with E-state index in [0.29, 0.717) is 6.42 Å². The zero-order valence-corrected chi connectivity index (χ0v) is 16.4. The Labute approximate surface area is 167 Å². The minimum absolute atomic E-state index is 0. The van der Waals surface area contributed by atoms with Crippen LogP contribution >= 0.6 is 0 Å². The van der Waals surface area contributed by atoms with Crippen molar-refractivity contribution in [2.75, 3.05) is 4.90 Å². The first-order valence-corrected chi connectivity index (χ1v) is 7.79. The van der Waals surface area contributed by atoms with Crippen molar-refractivity contribution < 1.29 is 47.3 Å². The summed E-state index contributed by atoms with van der Waals surface area (Å²) >= 11 is 0. The summed E-state index contributed by atoms with van der Waals surface area (Å²) in [5.74, 6) is 1.06. The monoisotopic (exact) mass is 399 g/mol. The van der Waals surface area contributed by atoms with Crippen LogP contribution in [0.1, 0.15) is 24.8 Å². The molecule has 0 saturated carbocycles. The molecule has 1 radical (unpaired) electrons. The van der Waals surface area contributed by atoms with Crippen molar-refractivity contribution in [1.29, 1.82) is 0 Å². The summed E-state index contributed by atoms with van der Waals surface area (Å²) < 4.78 is 5.03. The Morgan fingerprint density at radius 1 is 1.21 bits per heavy atom. The molecule has 1 fully saturated rings. The predicted molar refractivity (Wildman–Crippen MR) is 89.4 cm³/mol. The Balaban J connectivity index is 0.00000208. The van der Waals surface area contributed by atoms with Gasteiger partial charge in [0.05, 0.1) is 5.75 Å². The Morgan fingerprint density at radius 3 is 2.67 bits per heavy atom. The standard InChI is InChI=1S/C19H20NO3.Y/c1-23-18-6-2-4-14(13-18)12-16-5-3-7-19(22)20(16)15-8-10-17(21)11-9-15;/h2,4,6,8-11,13,16,21H,1,3,5,7,12H2;/q-1;. The molecule has 1 amide bonds. The number of anilines is 1. The smallest absolute Gasteiger partial charge is 0.227 e. The molecule has 1 atom stereocenters. The number of ether oxygens (including phenoxy) is 1. The summed E-state index contributed by atoms with van der Waals surface area (Å²) in [5.41, 5.74) is 1.96. The van der Waals surface area contributed by atoms with E-state index in [4.69, 9.17) is 4.74 Å². The summed E-state index contributed by atoms with van der Waals surface area (Å²) in [5, 5.41) is 9.46. The van der Waals surface area contributed by atoms with Crippen LogP contribution < -0.4 is 9.64 Å². The van der Waals surface area contributed by atoms with Gasteiger partial charge in [-0.05, 0) is 61.2 Å². The zero-order valence-electron chi connectivity index (χ0n) is 13.5. The second kappa shape index (κ2) is 8.63. The normalized spacial score (nSPS) is 17.3. The third-order valence-electron chi connectivity index (χ3n) is 4.23. The van der Waals surface area contributed by atoms with E-state index in [1.54, 1.807) is 24.3 Å². The van der Waals surface area contributed by atoms with Crippen LogP contribution in [0.4, 0.5) is 5.69 Å². The Morgan fingerprint density at radius 2 is 1.96 bits per heavy atom. The molecule has 1 heterocycles. The van der Waals surface area contributed by atoms with Gasteiger partial charge < -0.3 is 14.7 Å². The molecule has 0 aromatic heterocycles. The molecule has 123 valence electrons. The summed E-state index contributed by atoms with van der Waals surface area (Å²) in [6.07, 6.45) is 3.20. The number of phenols is 1. The van der Waals surface area contributed by atoms with Crippen molar-refractivity contribution in [2.24, 2.45) is 0 Å². The van der Waals surface area contributed by atoms with Gasteiger partial charge in [0.15, 0.2) is 0 Å². The Bertz CT molecular complexity index is 687. The largest absolute Gasteiger partial charge is 0.665 e. The van der Waals surface area contributed by atoms with Crippen molar-refractivity contribution in [3.8, 4) is 11.5 Å². The van der Waals surface area contributed by atoms with Crippen molar-refractivity contribution >= 4 is 11.6 Å². The minimum Gasteiger partial charge on any atom is -0.665 e. The molecular weight excluding hydrogens is 379 g/mol. The maximum absolute atomic E-state index is 12.4. The van der Waals surface area contributed by atoms with Crippen LogP contribution in [0.2, 0.25) is 0 Å². The molecule has 0 bridgehead atoms. The van der Waals surface area contributed by atoms with Crippen LogP contribution in [0.15, 0.2) is 48.5 Å². The van der Waals surface area contributed by atoms with E-state index in [-0.39, 0.29) is 50.4 Å². The van der Waals surface area contributed by atoms with Crippen molar-refractivity contribution in [3.63, 3.8) is 0 Å². The first-order chi connectivity index (χ1) is 11.2. The number of piperidine rings is 1. The second-order valence-electron chi connectivity index (χ2n) is 5.82. The van der Waals surface area contributed by atoms with Crippen LogP contribution in [0.3, 0.4) is 0 Å². The van der Waals surface area contributed by atoms with Gasteiger partial charge in [-0.15, -0.1) is 0 Å². The molecule has 2 aromatic carbocycles.